The molecule has 0 saturated carbocycles. The van der Waals surface area contributed by atoms with Gasteiger partial charge in [0.2, 0.25) is 5.91 Å². The number of nitrogens with two attached hydrogens (primary N) is 1. The molecule has 0 unspecified atom stereocenters. The molecular formula is C19H26Cl2N4O2. The summed E-state index contributed by atoms with van der Waals surface area (Å²) in [5.41, 5.74) is 9.37. The molecule has 148 valence electrons. The Morgan fingerprint density at radius 1 is 1.15 bits per heavy atom. The molecule has 3 rings (SSSR count). The van der Waals surface area contributed by atoms with E-state index in [1.807, 2.05) is 30.1 Å². The van der Waals surface area contributed by atoms with Gasteiger partial charge in [-0.15, -0.1) is 24.8 Å². The number of morpholine rings is 1. The Labute approximate surface area is 172 Å². The number of nitrogens with zero attached hydrogens (tertiary/aromatic N) is 3. The average molecular weight is 413 g/mol. The Kier molecular flexibility index (Phi) is 9.52. The van der Waals surface area contributed by atoms with Crippen molar-refractivity contribution >= 4 is 36.4 Å². The number of pyridine rings is 1. The van der Waals surface area contributed by atoms with E-state index < -0.39 is 0 Å². The van der Waals surface area contributed by atoms with E-state index >= 15 is 0 Å². The van der Waals surface area contributed by atoms with Crippen LogP contribution >= 0.6 is 24.8 Å². The van der Waals surface area contributed by atoms with Gasteiger partial charge in [-0.1, -0.05) is 18.2 Å². The van der Waals surface area contributed by atoms with Gasteiger partial charge in [-0.05, 0) is 31.3 Å². The third kappa shape index (κ3) is 6.66. The molecule has 27 heavy (non-hydrogen) atoms. The van der Waals surface area contributed by atoms with Gasteiger partial charge in [0.05, 0.1) is 31.1 Å². The second-order valence-electron chi connectivity index (χ2n) is 6.30. The first-order chi connectivity index (χ1) is 12.1. The number of anilines is 1. The van der Waals surface area contributed by atoms with Crippen LogP contribution < -0.4 is 10.6 Å². The SMILES string of the molecule is CN(CC(N)=O)Cc1cccc(-c2ccc(N3CCOCC3)cc2)n1.Cl.Cl. The molecule has 0 radical (unpaired) electrons. The number of aromatic nitrogens is 1. The van der Waals surface area contributed by atoms with Crippen LogP contribution in [0, 0.1) is 0 Å². The van der Waals surface area contributed by atoms with Crippen LogP contribution in [-0.4, -0.2) is 55.7 Å². The van der Waals surface area contributed by atoms with Crippen molar-refractivity contribution in [1.82, 2.24) is 9.88 Å². The number of primary amides is 1. The van der Waals surface area contributed by atoms with E-state index in [0.29, 0.717) is 6.54 Å². The van der Waals surface area contributed by atoms with Gasteiger partial charge >= 0.3 is 0 Å². The Balaban J connectivity index is 0.00000182. The number of carbonyl (C=O) groups is 1. The van der Waals surface area contributed by atoms with Crippen LogP contribution in [0.25, 0.3) is 11.3 Å². The molecule has 2 aromatic rings. The molecule has 1 saturated heterocycles. The zero-order valence-corrected chi connectivity index (χ0v) is 17.0. The summed E-state index contributed by atoms with van der Waals surface area (Å²) in [4.78, 5) is 19.9. The molecule has 1 aliphatic rings. The summed E-state index contributed by atoms with van der Waals surface area (Å²) in [5.74, 6) is -0.336. The molecule has 8 heteroatoms. The van der Waals surface area contributed by atoms with E-state index in [2.05, 4.69) is 29.2 Å². The quantitative estimate of drug-likeness (QED) is 0.787. The fourth-order valence-electron chi connectivity index (χ4n) is 2.99. The van der Waals surface area contributed by atoms with E-state index in [1.165, 1.54) is 5.69 Å². The van der Waals surface area contributed by atoms with Crippen LogP contribution in [0.4, 0.5) is 5.69 Å². The summed E-state index contributed by atoms with van der Waals surface area (Å²) >= 11 is 0. The summed E-state index contributed by atoms with van der Waals surface area (Å²) < 4.78 is 5.40. The van der Waals surface area contributed by atoms with Crippen molar-refractivity contribution in [3.05, 3.63) is 48.2 Å². The summed E-state index contributed by atoms with van der Waals surface area (Å²) in [6.45, 7) is 4.23. The Bertz CT molecular complexity index is 722. The van der Waals surface area contributed by atoms with E-state index in [-0.39, 0.29) is 37.3 Å². The standard InChI is InChI=1S/C19H24N4O2.2ClH/c1-22(14-19(20)24)13-16-3-2-4-18(21-16)15-5-7-17(8-6-15)23-9-11-25-12-10-23;;/h2-8H,9-14H2,1H3,(H2,20,24);2*1H. The lowest BCUT2D eigenvalue weighted by Crippen LogP contribution is -2.36. The van der Waals surface area contributed by atoms with Crippen LogP contribution in [0.3, 0.4) is 0 Å². The smallest absolute Gasteiger partial charge is 0.231 e. The van der Waals surface area contributed by atoms with Crippen molar-refractivity contribution in [3.63, 3.8) is 0 Å². The first-order valence-electron chi connectivity index (χ1n) is 8.48. The number of hydrogen-bond donors (Lipinski definition) is 1. The topological polar surface area (TPSA) is 71.7 Å². The van der Waals surface area contributed by atoms with E-state index in [0.717, 1.165) is 43.3 Å². The van der Waals surface area contributed by atoms with Crippen LogP contribution in [-0.2, 0) is 16.1 Å². The molecule has 6 nitrogen and oxygen atoms in total. The Morgan fingerprint density at radius 2 is 1.81 bits per heavy atom. The maximum absolute atomic E-state index is 11.0. The van der Waals surface area contributed by atoms with Gasteiger partial charge in [-0.3, -0.25) is 14.7 Å². The minimum atomic E-state index is -0.336. The Hall–Kier alpha value is -1.86. The monoisotopic (exact) mass is 412 g/mol. The average Bonchev–Trinajstić information content (AvgIpc) is 2.62. The van der Waals surface area contributed by atoms with Gasteiger partial charge in [0.15, 0.2) is 0 Å². The van der Waals surface area contributed by atoms with E-state index in [4.69, 9.17) is 15.5 Å². The first-order valence-corrected chi connectivity index (χ1v) is 8.48. The summed E-state index contributed by atoms with van der Waals surface area (Å²) in [7, 11) is 1.86. The molecule has 1 aromatic carbocycles. The number of halogens is 2. The lowest BCUT2D eigenvalue weighted by molar-refractivity contribution is -0.118. The highest BCUT2D eigenvalue weighted by Gasteiger charge is 2.11. The molecule has 1 fully saturated rings. The molecule has 0 spiro atoms. The van der Waals surface area contributed by atoms with Crippen LogP contribution in [0.5, 0.6) is 0 Å². The third-order valence-electron chi connectivity index (χ3n) is 4.20. The highest BCUT2D eigenvalue weighted by Crippen LogP contribution is 2.23. The summed E-state index contributed by atoms with van der Waals surface area (Å²) in [5, 5.41) is 0. The second kappa shape index (κ2) is 11.1. The minimum Gasteiger partial charge on any atom is -0.378 e. The van der Waals surface area contributed by atoms with Crippen molar-refractivity contribution in [2.24, 2.45) is 5.73 Å². The molecule has 0 bridgehead atoms. The molecular weight excluding hydrogens is 387 g/mol. The van der Waals surface area contributed by atoms with Crippen molar-refractivity contribution in [3.8, 4) is 11.3 Å². The number of rotatable bonds is 6. The second-order valence-corrected chi connectivity index (χ2v) is 6.30. The van der Waals surface area contributed by atoms with E-state index in [1.54, 1.807) is 0 Å². The predicted molar refractivity (Wildman–Crippen MR) is 113 cm³/mol. The molecule has 1 aromatic heterocycles. The molecule has 0 aliphatic carbocycles. The molecule has 1 amide bonds. The number of amides is 1. The van der Waals surface area contributed by atoms with E-state index in [9.17, 15) is 4.79 Å². The Morgan fingerprint density at radius 3 is 2.44 bits per heavy atom. The van der Waals surface area contributed by atoms with Crippen LogP contribution in [0.2, 0.25) is 0 Å². The van der Waals surface area contributed by atoms with Gasteiger partial charge in [-0.25, -0.2) is 0 Å². The highest BCUT2D eigenvalue weighted by molar-refractivity contribution is 5.85. The van der Waals surface area contributed by atoms with Crippen molar-refractivity contribution in [1.29, 1.82) is 0 Å². The minimum absolute atomic E-state index is 0. The lowest BCUT2D eigenvalue weighted by atomic mass is 10.1. The van der Waals surface area contributed by atoms with Crippen LogP contribution in [0.15, 0.2) is 42.5 Å². The molecule has 2 N–H and O–H groups in total. The summed E-state index contributed by atoms with van der Waals surface area (Å²) in [6.07, 6.45) is 0. The van der Waals surface area contributed by atoms with Crippen LogP contribution in [0.1, 0.15) is 5.69 Å². The number of ether oxygens (including phenoxy) is 1. The van der Waals surface area contributed by atoms with Gasteiger partial charge in [0.25, 0.3) is 0 Å². The first kappa shape index (κ1) is 23.2. The highest BCUT2D eigenvalue weighted by atomic mass is 35.5. The third-order valence-corrected chi connectivity index (χ3v) is 4.20. The van der Waals surface area contributed by atoms with Gasteiger partial charge in [0.1, 0.15) is 0 Å². The summed E-state index contributed by atoms with van der Waals surface area (Å²) in [6, 6.07) is 14.4. The van der Waals surface area contributed by atoms with Gasteiger partial charge < -0.3 is 15.4 Å². The normalized spacial score (nSPS) is 13.6. The number of hydrogen-bond acceptors (Lipinski definition) is 5. The lowest BCUT2D eigenvalue weighted by Gasteiger charge is -2.28. The van der Waals surface area contributed by atoms with Crippen molar-refractivity contribution in [2.75, 3.05) is 44.8 Å². The zero-order chi connectivity index (χ0) is 17.6. The molecule has 1 aliphatic heterocycles. The number of carbonyl (C=O) groups excluding carboxylic acids is 1. The fraction of sp³-hybridized carbons (Fsp3) is 0.368. The fourth-order valence-corrected chi connectivity index (χ4v) is 2.99. The largest absolute Gasteiger partial charge is 0.378 e. The van der Waals surface area contributed by atoms with Gasteiger partial charge in [-0.2, -0.15) is 0 Å². The maximum atomic E-state index is 11.0. The number of likely N-dealkylation sites (N-methyl/N-ethyl adjacent to an activating group) is 1. The molecule has 2 heterocycles. The number of benzene rings is 1. The van der Waals surface area contributed by atoms with Crippen molar-refractivity contribution in [2.45, 2.75) is 6.54 Å². The maximum Gasteiger partial charge on any atom is 0.231 e. The zero-order valence-electron chi connectivity index (χ0n) is 15.3. The molecule has 0 atom stereocenters. The van der Waals surface area contributed by atoms with Crippen molar-refractivity contribution < 1.29 is 9.53 Å². The van der Waals surface area contributed by atoms with Gasteiger partial charge in [0, 0.05) is 30.9 Å². The predicted octanol–water partition coefficient (Wildman–Crippen LogP) is 2.35.